The Labute approximate surface area is 183 Å². The van der Waals surface area contributed by atoms with E-state index in [0.29, 0.717) is 34.4 Å². The fourth-order valence-electron chi connectivity index (χ4n) is 3.79. The minimum absolute atomic E-state index is 0.209. The first-order valence-corrected chi connectivity index (χ1v) is 10.3. The average molecular weight is 434 g/mol. The Kier molecular flexibility index (Phi) is 5.01. The van der Waals surface area contributed by atoms with Gasteiger partial charge in [0.2, 0.25) is 5.95 Å². The number of rotatable bonds is 5. The maximum absolute atomic E-state index is 12.9. The Morgan fingerprint density at radius 3 is 2.90 bits per heavy atom. The molecule has 0 radical (unpaired) electrons. The van der Waals surface area contributed by atoms with Crippen LogP contribution >= 0.6 is 11.6 Å². The van der Waals surface area contributed by atoms with Gasteiger partial charge in [0.15, 0.2) is 11.5 Å². The van der Waals surface area contributed by atoms with Crippen molar-refractivity contribution in [2.45, 2.75) is 19.5 Å². The monoisotopic (exact) mass is 433 g/mol. The van der Waals surface area contributed by atoms with Gasteiger partial charge in [-0.3, -0.25) is 4.79 Å². The van der Waals surface area contributed by atoms with Gasteiger partial charge >= 0.3 is 0 Å². The van der Waals surface area contributed by atoms with Crippen LogP contribution in [-0.4, -0.2) is 30.9 Å². The number of fused-ring (bicyclic) bond motifs is 2. The summed E-state index contributed by atoms with van der Waals surface area (Å²) in [5.74, 6) is 0.934. The molecule has 0 spiro atoms. The molecule has 3 aromatic heterocycles. The third kappa shape index (κ3) is 3.60. The number of anilines is 2. The van der Waals surface area contributed by atoms with Crippen LogP contribution in [0.25, 0.3) is 16.9 Å². The second kappa shape index (κ2) is 7.98. The molecule has 8 nitrogen and oxygen atoms in total. The van der Waals surface area contributed by atoms with Gasteiger partial charge in [-0.15, -0.1) is 6.58 Å². The van der Waals surface area contributed by atoms with E-state index in [4.69, 9.17) is 11.6 Å². The molecule has 5 rings (SSSR count). The molecular weight excluding hydrogens is 414 g/mol. The molecule has 1 aromatic carbocycles. The van der Waals surface area contributed by atoms with E-state index in [9.17, 15) is 4.79 Å². The molecular formula is C22H20ClN7O. The Morgan fingerprint density at radius 2 is 2.10 bits per heavy atom. The summed E-state index contributed by atoms with van der Waals surface area (Å²) in [5.41, 5.74) is 3.77. The first kappa shape index (κ1) is 19.5. The van der Waals surface area contributed by atoms with Crippen molar-refractivity contribution in [2.75, 3.05) is 11.9 Å². The van der Waals surface area contributed by atoms with Crippen molar-refractivity contribution in [1.82, 2.24) is 29.6 Å². The van der Waals surface area contributed by atoms with Crippen molar-refractivity contribution >= 4 is 34.3 Å². The summed E-state index contributed by atoms with van der Waals surface area (Å²) >= 11 is 5.99. The lowest BCUT2D eigenvalue weighted by Gasteiger charge is -2.18. The van der Waals surface area contributed by atoms with E-state index in [1.54, 1.807) is 29.1 Å². The fraction of sp³-hybridized carbons (Fsp3) is 0.182. The SMILES string of the molecule is C=CCn1c(=O)c2cnc(Nc3ccc4c(c3)CCNC4)nc2n1-c1ccc(Cl)cn1. The highest BCUT2D eigenvalue weighted by Gasteiger charge is 2.18. The summed E-state index contributed by atoms with van der Waals surface area (Å²) in [6.45, 7) is 5.92. The van der Waals surface area contributed by atoms with Gasteiger partial charge in [0.05, 0.1) is 11.6 Å². The van der Waals surface area contributed by atoms with Crippen molar-refractivity contribution in [1.29, 1.82) is 0 Å². The van der Waals surface area contributed by atoms with Crippen molar-refractivity contribution < 1.29 is 0 Å². The van der Waals surface area contributed by atoms with Crippen LogP contribution < -0.4 is 16.2 Å². The van der Waals surface area contributed by atoms with Gasteiger partial charge in [0, 0.05) is 24.6 Å². The molecule has 1 aliphatic rings. The predicted molar refractivity (Wildman–Crippen MR) is 121 cm³/mol. The molecule has 4 aromatic rings. The maximum atomic E-state index is 12.9. The van der Waals surface area contributed by atoms with Gasteiger partial charge in [0.25, 0.3) is 5.56 Å². The number of hydrogen-bond acceptors (Lipinski definition) is 6. The average Bonchev–Trinajstić information content (AvgIpc) is 3.06. The molecule has 4 heterocycles. The van der Waals surface area contributed by atoms with E-state index in [-0.39, 0.29) is 5.56 Å². The minimum atomic E-state index is -0.209. The lowest BCUT2D eigenvalue weighted by atomic mass is 10.0. The number of aromatic nitrogens is 5. The third-order valence-electron chi connectivity index (χ3n) is 5.26. The van der Waals surface area contributed by atoms with Crippen LogP contribution in [0.2, 0.25) is 5.02 Å². The second-order valence-electron chi connectivity index (χ2n) is 7.29. The largest absolute Gasteiger partial charge is 0.324 e. The van der Waals surface area contributed by atoms with Crippen LogP contribution in [0.3, 0.4) is 0 Å². The molecule has 0 amide bonds. The van der Waals surface area contributed by atoms with Crippen molar-refractivity contribution in [3.05, 3.63) is 81.9 Å². The Bertz CT molecular complexity index is 1340. The van der Waals surface area contributed by atoms with E-state index in [0.717, 1.165) is 25.2 Å². The topological polar surface area (TPSA) is 89.7 Å². The molecule has 0 atom stereocenters. The maximum Gasteiger partial charge on any atom is 0.278 e. The summed E-state index contributed by atoms with van der Waals surface area (Å²) in [6.07, 6.45) is 5.72. The van der Waals surface area contributed by atoms with E-state index in [1.807, 2.05) is 6.07 Å². The molecule has 0 saturated heterocycles. The van der Waals surface area contributed by atoms with Gasteiger partial charge in [0.1, 0.15) is 5.39 Å². The van der Waals surface area contributed by atoms with E-state index < -0.39 is 0 Å². The molecule has 31 heavy (non-hydrogen) atoms. The summed E-state index contributed by atoms with van der Waals surface area (Å²) in [5, 5.41) is 7.55. The van der Waals surface area contributed by atoms with Gasteiger partial charge in [-0.2, -0.15) is 4.98 Å². The number of halogens is 1. The number of nitrogens with one attached hydrogen (secondary N) is 2. The Balaban J connectivity index is 1.60. The molecule has 156 valence electrons. The lowest BCUT2D eigenvalue weighted by molar-refractivity contribution is 0.597. The van der Waals surface area contributed by atoms with Gasteiger partial charge < -0.3 is 10.6 Å². The van der Waals surface area contributed by atoms with Crippen LogP contribution in [0.4, 0.5) is 11.6 Å². The first-order chi connectivity index (χ1) is 15.1. The zero-order chi connectivity index (χ0) is 21.4. The van der Waals surface area contributed by atoms with Crippen LogP contribution in [0.1, 0.15) is 11.1 Å². The number of hydrogen-bond donors (Lipinski definition) is 2. The predicted octanol–water partition coefficient (Wildman–Crippen LogP) is 3.21. The highest BCUT2D eigenvalue weighted by atomic mass is 35.5. The molecule has 9 heteroatoms. The molecule has 0 bridgehead atoms. The smallest absolute Gasteiger partial charge is 0.278 e. The van der Waals surface area contributed by atoms with Crippen LogP contribution in [0, 0.1) is 0 Å². The third-order valence-corrected chi connectivity index (χ3v) is 5.48. The summed E-state index contributed by atoms with van der Waals surface area (Å²) in [7, 11) is 0. The van der Waals surface area contributed by atoms with Gasteiger partial charge in [-0.1, -0.05) is 23.7 Å². The summed E-state index contributed by atoms with van der Waals surface area (Å²) in [6, 6.07) is 9.71. The first-order valence-electron chi connectivity index (χ1n) is 9.95. The lowest BCUT2D eigenvalue weighted by Crippen LogP contribution is -2.23. The van der Waals surface area contributed by atoms with Gasteiger partial charge in [-0.25, -0.2) is 19.3 Å². The van der Waals surface area contributed by atoms with Crippen LogP contribution in [-0.2, 0) is 19.5 Å². The summed E-state index contributed by atoms with van der Waals surface area (Å²) in [4.78, 5) is 26.3. The molecule has 0 fully saturated rings. The zero-order valence-corrected chi connectivity index (χ0v) is 17.4. The Morgan fingerprint density at radius 1 is 1.19 bits per heavy atom. The second-order valence-corrected chi connectivity index (χ2v) is 7.72. The number of benzene rings is 1. The fourth-order valence-corrected chi connectivity index (χ4v) is 3.90. The number of pyridine rings is 1. The van der Waals surface area contributed by atoms with E-state index in [2.05, 4.69) is 44.3 Å². The van der Waals surface area contributed by atoms with Crippen LogP contribution in [0.5, 0.6) is 0 Å². The van der Waals surface area contributed by atoms with E-state index in [1.165, 1.54) is 22.0 Å². The minimum Gasteiger partial charge on any atom is -0.324 e. The quantitative estimate of drug-likeness (QED) is 0.470. The normalized spacial score (nSPS) is 13.2. The molecule has 2 N–H and O–H groups in total. The number of nitrogens with zero attached hydrogens (tertiary/aromatic N) is 5. The summed E-state index contributed by atoms with van der Waals surface area (Å²) < 4.78 is 3.19. The highest BCUT2D eigenvalue weighted by Crippen LogP contribution is 2.22. The van der Waals surface area contributed by atoms with E-state index >= 15 is 0 Å². The molecule has 0 aliphatic carbocycles. The highest BCUT2D eigenvalue weighted by molar-refractivity contribution is 6.30. The Hall–Kier alpha value is -3.49. The zero-order valence-electron chi connectivity index (χ0n) is 16.7. The molecule has 0 saturated carbocycles. The van der Waals surface area contributed by atoms with Crippen molar-refractivity contribution in [3.8, 4) is 5.82 Å². The van der Waals surface area contributed by atoms with Crippen molar-refractivity contribution in [2.24, 2.45) is 0 Å². The van der Waals surface area contributed by atoms with Crippen molar-refractivity contribution in [3.63, 3.8) is 0 Å². The van der Waals surface area contributed by atoms with Crippen LogP contribution in [0.15, 0.2) is 60.2 Å². The standard InChI is InChI=1S/C22H20ClN7O/c1-2-9-29-21(31)18-13-26-22(27-17-5-3-15-11-24-8-7-14(15)10-17)28-20(18)30(29)19-6-4-16(23)12-25-19/h2-6,10,12-13,24H,1,7-9,11H2,(H,26,27,28). The number of allylic oxidation sites excluding steroid dienone is 1. The van der Waals surface area contributed by atoms with Gasteiger partial charge in [-0.05, 0) is 48.4 Å². The molecule has 1 aliphatic heterocycles. The molecule has 0 unspecified atom stereocenters.